The quantitative estimate of drug-likeness (QED) is 0.611. The Kier molecular flexibility index (Phi) is 5.46. The molecule has 154 valence electrons. The number of nitrogens with zero attached hydrogens (tertiary/aromatic N) is 3. The van der Waals surface area contributed by atoms with Gasteiger partial charge in [-0.3, -0.25) is 0 Å². The van der Waals surface area contributed by atoms with E-state index in [1.165, 1.54) is 10.8 Å². The minimum absolute atomic E-state index is 0.217. The lowest BCUT2D eigenvalue weighted by Crippen LogP contribution is -2.50. The van der Waals surface area contributed by atoms with Crippen molar-refractivity contribution >= 4 is 17.5 Å². The third-order valence-corrected chi connectivity index (χ3v) is 5.23. The van der Waals surface area contributed by atoms with Crippen molar-refractivity contribution in [3.63, 3.8) is 0 Å². The predicted octanol–water partition coefficient (Wildman–Crippen LogP) is 0.991. The van der Waals surface area contributed by atoms with Gasteiger partial charge in [-0.1, -0.05) is 13.8 Å². The van der Waals surface area contributed by atoms with Crippen LogP contribution in [0.15, 0.2) is 18.5 Å². The highest BCUT2D eigenvalue weighted by Crippen LogP contribution is 2.41. The van der Waals surface area contributed by atoms with Gasteiger partial charge in [-0.15, -0.1) is 0 Å². The Morgan fingerprint density at radius 1 is 1.46 bits per heavy atom. The Hall–Kier alpha value is -2.43. The number of nitrogen functional groups attached to an aromatic ring is 1. The minimum Gasteiger partial charge on any atom is -0.431 e. The van der Waals surface area contributed by atoms with Crippen LogP contribution < -0.4 is 5.73 Å². The molecule has 2 aromatic rings. The monoisotopic (exact) mass is 394 g/mol. The topological polar surface area (TPSA) is 141 Å². The van der Waals surface area contributed by atoms with Crippen LogP contribution in [0, 0.1) is 0 Å². The second kappa shape index (κ2) is 7.53. The number of aliphatic hydroxyl groups excluding tert-OH is 1. The highest BCUT2D eigenvalue weighted by molar-refractivity contribution is 5.65. The summed E-state index contributed by atoms with van der Waals surface area (Å²) in [7, 11) is 0. The predicted molar refractivity (Wildman–Crippen MR) is 98.5 cm³/mol. The molecule has 0 bridgehead atoms. The molecule has 0 unspecified atom stereocenters. The minimum atomic E-state index is -1.77. The molecule has 10 heteroatoms. The first-order chi connectivity index (χ1) is 13.2. The molecule has 0 aromatic carbocycles. The summed E-state index contributed by atoms with van der Waals surface area (Å²) < 4.78 is 17.4. The van der Waals surface area contributed by atoms with Gasteiger partial charge in [-0.2, -0.15) is 5.10 Å². The average molecular weight is 394 g/mol. The number of aromatic nitrogens is 3. The van der Waals surface area contributed by atoms with Gasteiger partial charge in [-0.25, -0.2) is 14.3 Å². The number of aliphatic hydroxyl groups is 2. The Morgan fingerprint density at radius 2 is 2.18 bits per heavy atom. The van der Waals surface area contributed by atoms with E-state index >= 15 is 0 Å². The van der Waals surface area contributed by atoms with Crippen molar-refractivity contribution < 1.29 is 29.2 Å². The first-order valence-electron chi connectivity index (χ1n) is 9.21. The lowest BCUT2D eigenvalue weighted by atomic mass is 9.86. The van der Waals surface area contributed by atoms with E-state index in [1.54, 1.807) is 19.1 Å². The summed E-state index contributed by atoms with van der Waals surface area (Å²) in [6.07, 6.45) is 0.143. The van der Waals surface area contributed by atoms with Gasteiger partial charge in [0.05, 0.1) is 12.3 Å². The number of anilines is 1. The van der Waals surface area contributed by atoms with Crippen molar-refractivity contribution in [2.24, 2.45) is 0 Å². The van der Waals surface area contributed by atoms with Crippen LogP contribution in [-0.4, -0.2) is 62.0 Å². The maximum Gasteiger partial charge on any atom is 0.508 e. The number of hydrogen-bond donors (Lipinski definition) is 3. The first kappa shape index (κ1) is 20.3. The maximum atomic E-state index is 11.9. The summed E-state index contributed by atoms with van der Waals surface area (Å²) in [5.41, 5.74) is 3.52. The van der Waals surface area contributed by atoms with E-state index in [0.29, 0.717) is 24.1 Å². The molecule has 3 rings (SSSR count). The Balaban J connectivity index is 1.76. The van der Waals surface area contributed by atoms with Gasteiger partial charge < -0.3 is 30.2 Å². The fraction of sp³-hybridized carbons (Fsp3) is 0.611. The first-order valence-corrected chi connectivity index (χ1v) is 9.21. The van der Waals surface area contributed by atoms with Gasteiger partial charge in [0.15, 0.2) is 11.4 Å². The summed E-state index contributed by atoms with van der Waals surface area (Å²) in [4.78, 5) is 15.8. The summed E-state index contributed by atoms with van der Waals surface area (Å²) in [5.74, 6) is 0.244. The van der Waals surface area contributed by atoms with E-state index in [0.717, 1.165) is 0 Å². The van der Waals surface area contributed by atoms with Gasteiger partial charge >= 0.3 is 6.16 Å². The smallest absolute Gasteiger partial charge is 0.431 e. The fourth-order valence-electron chi connectivity index (χ4n) is 3.38. The summed E-state index contributed by atoms with van der Waals surface area (Å²) in [6.45, 7) is 4.87. The van der Waals surface area contributed by atoms with E-state index in [1.807, 2.05) is 13.8 Å². The van der Waals surface area contributed by atoms with Gasteiger partial charge in [0.1, 0.15) is 36.3 Å². The van der Waals surface area contributed by atoms with Crippen molar-refractivity contribution in [2.75, 3.05) is 18.9 Å². The second-order valence-electron chi connectivity index (χ2n) is 7.18. The van der Waals surface area contributed by atoms with Gasteiger partial charge in [-0.05, 0) is 31.9 Å². The highest BCUT2D eigenvalue weighted by Gasteiger charge is 2.58. The molecule has 0 amide bonds. The molecule has 2 aromatic heterocycles. The van der Waals surface area contributed by atoms with Crippen LogP contribution in [0.2, 0.25) is 0 Å². The summed E-state index contributed by atoms with van der Waals surface area (Å²) >= 11 is 0. The zero-order chi connectivity index (χ0) is 20.5. The van der Waals surface area contributed by atoms with E-state index in [-0.39, 0.29) is 25.1 Å². The van der Waals surface area contributed by atoms with Gasteiger partial charge in [0.25, 0.3) is 0 Å². The number of nitrogens with two attached hydrogens (primary N) is 1. The zero-order valence-electron chi connectivity index (χ0n) is 16.2. The van der Waals surface area contributed by atoms with Crippen LogP contribution in [0.3, 0.4) is 0 Å². The third kappa shape index (κ3) is 3.38. The van der Waals surface area contributed by atoms with Gasteiger partial charge in [0.2, 0.25) is 0 Å². The van der Waals surface area contributed by atoms with Crippen LogP contribution >= 0.6 is 0 Å². The van der Waals surface area contributed by atoms with Crippen LogP contribution in [0.5, 0.6) is 0 Å². The van der Waals surface area contributed by atoms with Crippen molar-refractivity contribution in [1.29, 1.82) is 0 Å². The Bertz CT molecular complexity index is 854. The van der Waals surface area contributed by atoms with E-state index in [4.69, 9.17) is 19.9 Å². The molecule has 0 saturated carbocycles. The van der Waals surface area contributed by atoms with Crippen LogP contribution in [0.1, 0.15) is 39.3 Å². The zero-order valence-corrected chi connectivity index (χ0v) is 16.2. The van der Waals surface area contributed by atoms with Crippen molar-refractivity contribution in [1.82, 2.24) is 14.6 Å². The maximum absolute atomic E-state index is 11.9. The number of ether oxygens (including phenoxy) is 3. The molecule has 3 atom stereocenters. The summed E-state index contributed by atoms with van der Waals surface area (Å²) in [5, 5.41) is 26.1. The molecule has 0 radical (unpaired) electrons. The average Bonchev–Trinajstić information content (AvgIpc) is 3.22. The van der Waals surface area contributed by atoms with Crippen LogP contribution in [-0.2, 0) is 19.8 Å². The summed E-state index contributed by atoms with van der Waals surface area (Å²) in [6, 6.07) is 3.25. The molecule has 10 nitrogen and oxygen atoms in total. The molecule has 1 fully saturated rings. The highest BCUT2D eigenvalue weighted by atomic mass is 16.7. The molecule has 1 aliphatic heterocycles. The van der Waals surface area contributed by atoms with Crippen LogP contribution in [0.25, 0.3) is 5.52 Å². The fourth-order valence-corrected chi connectivity index (χ4v) is 3.38. The molecule has 0 spiro atoms. The van der Waals surface area contributed by atoms with E-state index < -0.39 is 23.5 Å². The standard InChI is InChI=1S/C18H26N4O6/c1-4-11(5-2)28-16(24)26-8-17(3)15(23)18(25,9-27-17)13-7-6-12-14(19)20-10-21-22(12)13/h6-7,10-11,15,23,25H,4-5,8-9H2,1-3H3,(H2,19,20,21)/t15-,17-,18+/m1/s1. The second-order valence-corrected chi connectivity index (χ2v) is 7.18. The molecule has 28 heavy (non-hydrogen) atoms. The number of rotatable bonds is 6. The largest absolute Gasteiger partial charge is 0.508 e. The molecular formula is C18H26N4O6. The number of carbonyl (C=O) groups is 1. The van der Waals surface area contributed by atoms with Crippen LogP contribution in [0.4, 0.5) is 10.6 Å². The molecule has 1 aliphatic rings. The normalized spacial score (nSPS) is 27.4. The van der Waals surface area contributed by atoms with E-state index in [9.17, 15) is 15.0 Å². The number of carbonyl (C=O) groups excluding carboxylic acids is 1. The lowest BCUT2D eigenvalue weighted by molar-refractivity contribution is -0.109. The Morgan fingerprint density at radius 3 is 2.86 bits per heavy atom. The van der Waals surface area contributed by atoms with Crippen molar-refractivity contribution in [3.8, 4) is 0 Å². The molecule has 4 N–H and O–H groups in total. The third-order valence-electron chi connectivity index (χ3n) is 5.23. The van der Waals surface area contributed by atoms with Crippen molar-refractivity contribution in [2.45, 2.75) is 57.0 Å². The van der Waals surface area contributed by atoms with Gasteiger partial charge in [0, 0.05) is 0 Å². The molecule has 3 heterocycles. The van der Waals surface area contributed by atoms with E-state index in [2.05, 4.69) is 10.1 Å². The SMILES string of the molecule is CCC(CC)OC(=O)OC[C@@]1(C)OC[C@](O)(c2ccc3c(N)ncnn23)[C@@H]1O. The number of hydrogen-bond acceptors (Lipinski definition) is 9. The number of fused-ring (bicyclic) bond motifs is 1. The van der Waals surface area contributed by atoms with Crippen molar-refractivity contribution in [3.05, 3.63) is 24.2 Å². The Labute approximate surface area is 162 Å². The molecule has 0 aliphatic carbocycles. The molecular weight excluding hydrogens is 368 g/mol. The molecule has 1 saturated heterocycles. The lowest BCUT2D eigenvalue weighted by Gasteiger charge is -2.31.